The fourth-order valence-electron chi connectivity index (χ4n) is 1.49. The molecule has 1 aliphatic rings. The first-order valence-corrected chi connectivity index (χ1v) is 4.92. The number of piperazine rings is 1. The maximum atomic E-state index is 11.0. The fourth-order valence-corrected chi connectivity index (χ4v) is 1.49. The van der Waals surface area contributed by atoms with Crippen LogP contribution >= 0.6 is 0 Å². The Bertz CT molecular complexity index is 164. The molecule has 0 unspecified atom stereocenters. The van der Waals surface area contributed by atoms with E-state index < -0.39 is 0 Å². The predicted octanol–water partition coefficient (Wildman–Crippen LogP) is -0.282. The minimum Gasteiger partial charge on any atom is -0.340 e. The molecule has 0 spiro atoms. The zero-order valence-electron chi connectivity index (χ0n) is 8.55. The highest BCUT2D eigenvalue weighted by molar-refractivity contribution is 5.73. The average molecular weight is 185 g/mol. The van der Waals surface area contributed by atoms with E-state index in [9.17, 15) is 4.79 Å². The van der Waals surface area contributed by atoms with E-state index in [1.54, 1.807) is 6.92 Å². The number of nitrogens with one attached hydrogen (secondary N) is 1. The van der Waals surface area contributed by atoms with Crippen LogP contribution in [-0.2, 0) is 4.79 Å². The molecule has 1 heterocycles. The summed E-state index contributed by atoms with van der Waals surface area (Å²) in [5.41, 5.74) is 0. The molecule has 4 nitrogen and oxygen atoms in total. The van der Waals surface area contributed by atoms with Gasteiger partial charge in [0.05, 0.1) is 0 Å². The second kappa shape index (κ2) is 5.19. The summed E-state index contributed by atoms with van der Waals surface area (Å²) in [4.78, 5) is 15.3. The molecule has 1 fully saturated rings. The molecular weight excluding hydrogens is 166 g/mol. The van der Waals surface area contributed by atoms with Crippen LogP contribution in [0, 0.1) is 0 Å². The second-order valence-electron chi connectivity index (χ2n) is 3.39. The normalized spacial score (nSPS) is 19.1. The molecule has 0 bridgehead atoms. The first-order chi connectivity index (χ1) is 6.24. The van der Waals surface area contributed by atoms with E-state index in [-0.39, 0.29) is 5.91 Å². The van der Waals surface area contributed by atoms with Crippen molar-refractivity contribution in [2.75, 3.05) is 39.4 Å². The highest BCUT2D eigenvalue weighted by Crippen LogP contribution is 2.00. The van der Waals surface area contributed by atoms with Gasteiger partial charge in [-0.25, -0.2) is 0 Å². The highest BCUT2D eigenvalue weighted by Gasteiger charge is 2.17. The maximum Gasteiger partial charge on any atom is 0.219 e. The minimum absolute atomic E-state index is 0.197. The van der Waals surface area contributed by atoms with E-state index in [1.165, 1.54) is 0 Å². The standard InChI is InChI=1S/C9H19N3O/c1-3-10-8-11-4-6-12(7-5-11)9(2)13/h10H,3-8H2,1-2H3. The predicted molar refractivity (Wildman–Crippen MR) is 52.4 cm³/mol. The van der Waals surface area contributed by atoms with Crippen molar-refractivity contribution < 1.29 is 4.79 Å². The van der Waals surface area contributed by atoms with Gasteiger partial charge in [-0.15, -0.1) is 0 Å². The van der Waals surface area contributed by atoms with E-state index in [4.69, 9.17) is 0 Å². The molecule has 0 aromatic heterocycles. The molecule has 1 saturated heterocycles. The molecule has 13 heavy (non-hydrogen) atoms. The molecule has 0 aromatic rings. The van der Waals surface area contributed by atoms with Crippen LogP contribution < -0.4 is 5.32 Å². The van der Waals surface area contributed by atoms with Gasteiger partial charge < -0.3 is 10.2 Å². The average Bonchev–Trinajstić information content (AvgIpc) is 2.15. The SMILES string of the molecule is CCNCN1CCN(C(C)=O)CC1. The van der Waals surface area contributed by atoms with Crippen LogP contribution in [0.15, 0.2) is 0 Å². The van der Waals surface area contributed by atoms with Gasteiger partial charge in [-0.1, -0.05) is 6.92 Å². The van der Waals surface area contributed by atoms with Gasteiger partial charge in [-0.2, -0.15) is 0 Å². The van der Waals surface area contributed by atoms with Crippen molar-refractivity contribution in [3.05, 3.63) is 0 Å². The van der Waals surface area contributed by atoms with Gasteiger partial charge in [0.2, 0.25) is 5.91 Å². The molecule has 1 amide bonds. The fraction of sp³-hybridized carbons (Fsp3) is 0.889. The van der Waals surface area contributed by atoms with E-state index >= 15 is 0 Å². The molecule has 0 aliphatic carbocycles. The van der Waals surface area contributed by atoms with E-state index in [0.29, 0.717) is 0 Å². The van der Waals surface area contributed by atoms with Crippen LogP contribution in [0.3, 0.4) is 0 Å². The van der Waals surface area contributed by atoms with Gasteiger partial charge in [0.25, 0.3) is 0 Å². The Morgan fingerprint density at radius 2 is 1.92 bits per heavy atom. The largest absolute Gasteiger partial charge is 0.340 e. The molecule has 1 rings (SSSR count). The van der Waals surface area contributed by atoms with Gasteiger partial charge in [-0.05, 0) is 6.54 Å². The summed E-state index contributed by atoms with van der Waals surface area (Å²) in [6.07, 6.45) is 0. The monoisotopic (exact) mass is 185 g/mol. The third-order valence-electron chi connectivity index (χ3n) is 2.40. The summed E-state index contributed by atoms with van der Waals surface area (Å²) in [5.74, 6) is 0.197. The number of rotatable bonds is 3. The van der Waals surface area contributed by atoms with E-state index in [1.807, 2.05) is 4.90 Å². The van der Waals surface area contributed by atoms with Gasteiger partial charge in [0, 0.05) is 39.8 Å². The van der Waals surface area contributed by atoms with Crippen LogP contribution in [-0.4, -0.2) is 55.1 Å². The Morgan fingerprint density at radius 3 is 2.38 bits per heavy atom. The molecule has 0 radical (unpaired) electrons. The Morgan fingerprint density at radius 1 is 1.31 bits per heavy atom. The van der Waals surface area contributed by atoms with E-state index in [0.717, 1.165) is 39.4 Å². The number of hydrogen-bond acceptors (Lipinski definition) is 3. The lowest BCUT2D eigenvalue weighted by Gasteiger charge is -2.34. The third kappa shape index (κ3) is 3.32. The lowest BCUT2D eigenvalue weighted by Crippen LogP contribution is -2.50. The van der Waals surface area contributed by atoms with Crippen molar-refractivity contribution in [3.63, 3.8) is 0 Å². The molecule has 0 saturated carbocycles. The smallest absolute Gasteiger partial charge is 0.219 e. The number of hydrogen-bond donors (Lipinski definition) is 1. The summed E-state index contributed by atoms with van der Waals surface area (Å²) in [7, 11) is 0. The molecule has 0 aromatic carbocycles. The first-order valence-electron chi connectivity index (χ1n) is 4.92. The first kappa shape index (κ1) is 10.5. The number of carbonyl (C=O) groups excluding carboxylic acids is 1. The number of nitrogens with zero attached hydrogens (tertiary/aromatic N) is 2. The van der Waals surface area contributed by atoms with Crippen LogP contribution in [0.5, 0.6) is 0 Å². The van der Waals surface area contributed by atoms with Gasteiger partial charge in [0.1, 0.15) is 0 Å². The Kier molecular flexibility index (Phi) is 4.18. The molecular formula is C9H19N3O. The van der Waals surface area contributed by atoms with E-state index in [2.05, 4.69) is 17.1 Å². The molecule has 1 N–H and O–H groups in total. The summed E-state index contributed by atoms with van der Waals surface area (Å²) in [6.45, 7) is 9.43. The zero-order valence-corrected chi connectivity index (χ0v) is 8.55. The topological polar surface area (TPSA) is 35.6 Å². The Hall–Kier alpha value is -0.610. The lowest BCUT2D eigenvalue weighted by atomic mass is 10.3. The van der Waals surface area contributed by atoms with Gasteiger partial charge in [0.15, 0.2) is 0 Å². The van der Waals surface area contributed by atoms with Crippen LogP contribution in [0.25, 0.3) is 0 Å². The number of carbonyl (C=O) groups is 1. The van der Waals surface area contributed by atoms with Crippen LogP contribution in [0.4, 0.5) is 0 Å². The summed E-state index contributed by atoms with van der Waals surface area (Å²) in [5, 5.41) is 3.28. The van der Waals surface area contributed by atoms with Gasteiger partial charge in [-0.3, -0.25) is 9.69 Å². The van der Waals surface area contributed by atoms with Crippen molar-refractivity contribution in [1.82, 2.24) is 15.1 Å². The van der Waals surface area contributed by atoms with Crippen molar-refractivity contribution in [1.29, 1.82) is 0 Å². The second-order valence-corrected chi connectivity index (χ2v) is 3.39. The van der Waals surface area contributed by atoms with Crippen molar-refractivity contribution in [2.24, 2.45) is 0 Å². The molecule has 1 aliphatic heterocycles. The van der Waals surface area contributed by atoms with Gasteiger partial charge >= 0.3 is 0 Å². The Labute approximate surface area is 79.9 Å². The Balaban J connectivity index is 2.18. The number of amides is 1. The minimum atomic E-state index is 0.197. The van der Waals surface area contributed by atoms with Crippen LogP contribution in [0.1, 0.15) is 13.8 Å². The maximum absolute atomic E-state index is 11.0. The van der Waals surface area contributed by atoms with Crippen molar-refractivity contribution in [2.45, 2.75) is 13.8 Å². The molecule has 4 heteroatoms. The van der Waals surface area contributed by atoms with Crippen molar-refractivity contribution >= 4 is 5.91 Å². The summed E-state index contributed by atoms with van der Waals surface area (Å²) >= 11 is 0. The lowest BCUT2D eigenvalue weighted by molar-refractivity contribution is -0.130. The van der Waals surface area contributed by atoms with Crippen molar-refractivity contribution in [3.8, 4) is 0 Å². The summed E-state index contributed by atoms with van der Waals surface area (Å²) < 4.78 is 0. The molecule has 0 atom stereocenters. The quantitative estimate of drug-likeness (QED) is 0.657. The van der Waals surface area contributed by atoms with Crippen LogP contribution in [0.2, 0.25) is 0 Å². The summed E-state index contributed by atoms with van der Waals surface area (Å²) in [6, 6.07) is 0. The highest BCUT2D eigenvalue weighted by atomic mass is 16.2. The molecule has 76 valence electrons. The zero-order chi connectivity index (χ0) is 9.68. The third-order valence-corrected chi connectivity index (χ3v) is 2.40.